The van der Waals surface area contributed by atoms with Crippen molar-refractivity contribution >= 4 is 0 Å². The molecule has 2 nitrogen and oxygen atoms in total. The summed E-state index contributed by atoms with van der Waals surface area (Å²) in [6.07, 6.45) is 11.0. The Hall–Kier alpha value is -1.80. The predicted octanol–water partition coefficient (Wildman–Crippen LogP) is 4.68. The van der Waals surface area contributed by atoms with Crippen molar-refractivity contribution in [3.8, 4) is 12.1 Å². The van der Waals surface area contributed by atoms with E-state index in [4.69, 9.17) is 0 Å². The van der Waals surface area contributed by atoms with E-state index >= 15 is 0 Å². The molecule has 2 heteroatoms. The van der Waals surface area contributed by atoms with E-state index in [2.05, 4.69) is 31.4 Å². The summed E-state index contributed by atoms with van der Waals surface area (Å²) in [6.45, 7) is 7.96. The van der Waals surface area contributed by atoms with Crippen LogP contribution in [0.1, 0.15) is 44.9 Å². The van der Waals surface area contributed by atoms with Gasteiger partial charge in [0, 0.05) is 6.42 Å². The third-order valence-electron chi connectivity index (χ3n) is 4.84. The van der Waals surface area contributed by atoms with E-state index in [1.54, 1.807) is 6.08 Å². The van der Waals surface area contributed by atoms with E-state index in [0.717, 1.165) is 31.3 Å². The highest BCUT2D eigenvalue weighted by atomic mass is 14.5. The molecule has 0 N–H and O–H groups in total. The summed E-state index contributed by atoms with van der Waals surface area (Å²) in [4.78, 5) is 0. The number of allylic oxidation sites excluding steroid dienone is 4. The molecule has 0 amide bonds. The molecule has 2 unspecified atom stereocenters. The van der Waals surface area contributed by atoms with Crippen LogP contribution in [0.25, 0.3) is 0 Å². The Kier molecular flexibility index (Phi) is 4.46. The monoisotopic (exact) mass is 266 g/mol. The molecule has 0 aliphatic heterocycles. The molecule has 1 fully saturated rings. The van der Waals surface area contributed by atoms with Crippen LogP contribution in [0.15, 0.2) is 36.5 Å². The topological polar surface area (TPSA) is 47.6 Å². The zero-order valence-electron chi connectivity index (χ0n) is 12.1. The Balaban J connectivity index is 2.31. The Morgan fingerprint density at radius 2 is 2.00 bits per heavy atom. The van der Waals surface area contributed by atoms with E-state index in [0.29, 0.717) is 18.3 Å². The van der Waals surface area contributed by atoms with Crippen LogP contribution in [-0.4, -0.2) is 0 Å². The van der Waals surface area contributed by atoms with Gasteiger partial charge >= 0.3 is 0 Å². The van der Waals surface area contributed by atoms with Gasteiger partial charge in [0.25, 0.3) is 0 Å². The Labute approximate surface area is 122 Å². The number of nitrogens with zero attached hydrogens (tertiary/aromatic N) is 2. The fraction of sp³-hybridized carbons (Fsp3) is 0.556. The van der Waals surface area contributed by atoms with Crippen LogP contribution >= 0.6 is 0 Å². The molecule has 0 bridgehead atoms. The molecule has 2 aliphatic rings. The van der Waals surface area contributed by atoms with Gasteiger partial charge in [-0.15, -0.1) is 6.58 Å². The van der Waals surface area contributed by atoms with E-state index < -0.39 is 5.41 Å². The summed E-state index contributed by atoms with van der Waals surface area (Å²) in [6, 6.07) is 4.52. The number of rotatable bonds is 4. The summed E-state index contributed by atoms with van der Waals surface area (Å²) < 4.78 is 0. The van der Waals surface area contributed by atoms with Crippen molar-refractivity contribution in [2.75, 3.05) is 0 Å². The Bertz CT molecular complexity index is 499. The van der Waals surface area contributed by atoms with Crippen molar-refractivity contribution in [3.05, 3.63) is 36.5 Å². The van der Waals surface area contributed by atoms with Gasteiger partial charge in [0.1, 0.15) is 0 Å². The molecule has 0 radical (unpaired) electrons. The normalized spacial score (nSPS) is 26.5. The van der Waals surface area contributed by atoms with Crippen LogP contribution in [0.2, 0.25) is 0 Å². The first-order chi connectivity index (χ1) is 9.68. The highest BCUT2D eigenvalue weighted by Gasteiger charge is 2.43. The van der Waals surface area contributed by atoms with Gasteiger partial charge in [-0.2, -0.15) is 10.5 Å². The Morgan fingerprint density at radius 1 is 1.25 bits per heavy atom. The van der Waals surface area contributed by atoms with Gasteiger partial charge in [0.05, 0.1) is 12.1 Å². The second-order valence-corrected chi connectivity index (χ2v) is 5.98. The van der Waals surface area contributed by atoms with Gasteiger partial charge in [0.15, 0.2) is 5.41 Å². The summed E-state index contributed by atoms with van der Waals surface area (Å²) in [5.41, 5.74) is 1.34. The minimum Gasteiger partial charge on any atom is -0.196 e. The molecule has 0 heterocycles. The lowest BCUT2D eigenvalue weighted by atomic mass is 9.67. The zero-order valence-corrected chi connectivity index (χ0v) is 12.1. The highest BCUT2D eigenvalue weighted by molar-refractivity contribution is 5.39. The molecule has 104 valence electrons. The van der Waals surface area contributed by atoms with E-state index in [9.17, 15) is 10.5 Å². The molecule has 0 spiro atoms. The maximum Gasteiger partial charge on any atom is 0.168 e. The molecule has 0 saturated heterocycles. The number of nitriles is 2. The van der Waals surface area contributed by atoms with Crippen molar-refractivity contribution in [2.45, 2.75) is 44.9 Å². The van der Waals surface area contributed by atoms with Crippen LogP contribution < -0.4 is 0 Å². The zero-order chi connectivity index (χ0) is 14.6. The van der Waals surface area contributed by atoms with Crippen LogP contribution in [0.5, 0.6) is 0 Å². The fourth-order valence-electron chi connectivity index (χ4n) is 3.81. The molecular formula is C18H22N2. The van der Waals surface area contributed by atoms with Gasteiger partial charge in [-0.05, 0) is 49.5 Å². The molecule has 2 aliphatic carbocycles. The molecule has 2 atom stereocenters. The average molecular weight is 266 g/mol. The van der Waals surface area contributed by atoms with Gasteiger partial charge in [-0.3, -0.25) is 0 Å². The second-order valence-electron chi connectivity index (χ2n) is 5.98. The van der Waals surface area contributed by atoms with Crippen molar-refractivity contribution in [2.24, 2.45) is 17.3 Å². The lowest BCUT2D eigenvalue weighted by molar-refractivity contribution is 0.328. The van der Waals surface area contributed by atoms with E-state index in [1.807, 2.05) is 0 Å². The van der Waals surface area contributed by atoms with E-state index in [1.165, 1.54) is 18.4 Å². The summed E-state index contributed by atoms with van der Waals surface area (Å²) in [7, 11) is 0. The quantitative estimate of drug-likeness (QED) is 0.694. The third kappa shape index (κ3) is 2.44. The lowest BCUT2D eigenvalue weighted by Gasteiger charge is -2.34. The molecular weight excluding hydrogens is 244 g/mol. The first-order valence-corrected chi connectivity index (χ1v) is 7.50. The number of hydrogen-bond acceptors (Lipinski definition) is 2. The maximum atomic E-state index is 9.57. The lowest BCUT2D eigenvalue weighted by Crippen LogP contribution is -2.28. The van der Waals surface area contributed by atoms with Crippen LogP contribution in [0, 0.1) is 39.9 Å². The van der Waals surface area contributed by atoms with Gasteiger partial charge < -0.3 is 0 Å². The first kappa shape index (κ1) is 14.6. The molecule has 0 aromatic heterocycles. The largest absolute Gasteiger partial charge is 0.196 e. The highest BCUT2D eigenvalue weighted by Crippen LogP contribution is 2.49. The summed E-state index contributed by atoms with van der Waals surface area (Å²) >= 11 is 0. The SMILES string of the molecule is C=CCC(C#N)(C#N)C1=CCCC1C1CCCCC1=C. The molecule has 0 aromatic rings. The third-order valence-corrected chi connectivity index (χ3v) is 4.84. The van der Waals surface area contributed by atoms with Crippen molar-refractivity contribution in [1.29, 1.82) is 10.5 Å². The fourth-order valence-corrected chi connectivity index (χ4v) is 3.81. The molecule has 20 heavy (non-hydrogen) atoms. The van der Waals surface area contributed by atoms with Gasteiger partial charge in [-0.1, -0.05) is 30.7 Å². The molecule has 0 aromatic carbocycles. The average Bonchev–Trinajstić information content (AvgIpc) is 2.95. The minimum atomic E-state index is -1.01. The smallest absolute Gasteiger partial charge is 0.168 e. The molecule has 2 rings (SSSR count). The van der Waals surface area contributed by atoms with Gasteiger partial charge in [0.2, 0.25) is 0 Å². The molecule has 1 saturated carbocycles. The number of hydrogen-bond donors (Lipinski definition) is 0. The summed E-state index contributed by atoms with van der Waals surface area (Å²) in [5, 5.41) is 19.1. The second kappa shape index (κ2) is 6.10. The van der Waals surface area contributed by atoms with Crippen molar-refractivity contribution in [1.82, 2.24) is 0 Å². The maximum absolute atomic E-state index is 9.57. The van der Waals surface area contributed by atoms with Crippen LogP contribution in [-0.2, 0) is 0 Å². The Morgan fingerprint density at radius 3 is 2.60 bits per heavy atom. The summed E-state index contributed by atoms with van der Waals surface area (Å²) in [5.74, 6) is 0.797. The van der Waals surface area contributed by atoms with Crippen molar-refractivity contribution < 1.29 is 0 Å². The van der Waals surface area contributed by atoms with Crippen molar-refractivity contribution in [3.63, 3.8) is 0 Å². The van der Waals surface area contributed by atoms with Crippen LogP contribution in [0.3, 0.4) is 0 Å². The van der Waals surface area contributed by atoms with E-state index in [-0.39, 0.29) is 0 Å². The van der Waals surface area contributed by atoms with Crippen LogP contribution in [0.4, 0.5) is 0 Å². The standard InChI is InChI=1S/C18H22N2/c1-3-11-18(12-19,13-20)17-10-6-9-16(17)15-8-5-4-7-14(15)2/h3,10,15-16H,1-2,4-9,11H2. The van der Waals surface area contributed by atoms with Gasteiger partial charge in [-0.25, -0.2) is 0 Å². The first-order valence-electron chi connectivity index (χ1n) is 7.50. The predicted molar refractivity (Wildman–Crippen MR) is 80.4 cm³/mol. The minimum absolute atomic E-state index is 0.335.